The summed E-state index contributed by atoms with van der Waals surface area (Å²) in [5.74, 6) is -2.47. The number of carboxylic acid groups (broad SMARTS) is 1. The van der Waals surface area contributed by atoms with Gasteiger partial charge in [-0.25, -0.2) is 0 Å². The van der Waals surface area contributed by atoms with Crippen LogP contribution < -0.4 is 0 Å². The number of aliphatic carboxylic acids is 1. The molecule has 5 heteroatoms. The van der Waals surface area contributed by atoms with Crippen LogP contribution in [0.15, 0.2) is 17.5 Å². The Kier molecular flexibility index (Phi) is 3.50. The monoisotopic (exact) mass is 216 g/mol. The van der Waals surface area contributed by atoms with Gasteiger partial charge in [0, 0.05) is 5.75 Å². The van der Waals surface area contributed by atoms with Gasteiger partial charge in [-0.2, -0.15) is 12.6 Å². The number of hydrogen-bond acceptors (Lipinski definition) is 4. The molecule has 0 aliphatic heterocycles. The van der Waals surface area contributed by atoms with Crippen molar-refractivity contribution in [3.63, 3.8) is 0 Å². The van der Waals surface area contributed by atoms with Crippen LogP contribution in [0.5, 0.6) is 0 Å². The molecule has 0 fully saturated rings. The lowest BCUT2D eigenvalue weighted by molar-refractivity contribution is -0.139. The summed E-state index contributed by atoms with van der Waals surface area (Å²) in [6, 6.07) is 3.34. The van der Waals surface area contributed by atoms with Crippen LogP contribution in [0.3, 0.4) is 0 Å². The Balaban J connectivity index is 2.83. The standard InChI is InChI=1S/C8H8O3S2/c9-7(5(4-12)8(10)11)6-2-1-3-13-6/h1-3,5,12H,4H2,(H,10,11). The highest BCUT2D eigenvalue weighted by atomic mass is 32.1. The van der Waals surface area contributed by atoms with Gasteiger partial charge in [-0.15, -0.1) is 11.3 Å². The Hall–Kier alpha value is -0.810. The molecule has 0 aliphatic rings. The highest BCUT2D eigenvalue weighted by molar-refractivity contribution is 7.80. The van der Waals surface area contributed by atoms with Crippen LogP contribution in [0.2, 0.25) is 0 Å². The Morgan fingerprint density at radius 1 is 1.62 bits per heavy atom. The molecule has 0 radical (unpaired) electrons. The zero-order valence-corrected chi connectivity index (χ0v) is 8.35. The van der Waals surface area contributed by atoms with Gasteiger partial charge in [0.25, 0.3) is 0 Å². The molecule has 0 bridgehead atoms. The minimum Gasteiger partial charge on any atom is -0.481 e. The molecule has 13 heavy (non-hydrogen) atoms. The van der Waals surface area contributed by atoms with Crippen molar-refractivity contribution in [3.05, 3.63) is 22.4 Å². The zero-order valence-electron chi connectivity index (χ0n) is 6.64. The van der Waals surface area contributed by atoms with E-state index in [1.807, 2.05) is 0 Å². The predicted molar refractivity (Wildman–Crippen MR) is 53.6 cm³/mol. The summed E-state index contributed by atoms with van der Waals surface area (Å²) in [5.41, 5.74) is 0. The average molecular weight is 216 g/mol. The molecule has 1 atom stereocenters. The lowest BCUT2D eigenvalue weighted by Gasteiger charge is -2.05. The maximum Gasteiger partial charge on any atom is 0.315 e. The van der Waals surface area contributed by atoms with Gasteiger partial charge in [0.1, 0.15) is 5.92 Å². The second-order valence-corrected chi connectivity index (χ2v) is 3.73. The molecule has 1 heterocycles. The molecular weight excluding hydrogens is 208 g/mol. The summed E-state index contributed by atoms with van der Waals surface area (Å²) in [4.78, 5) is 22.5. The normalized spacial score (nSPS) is 12.4. The molecule has 0 aliphatic carbocycles. The van der Waals surface area contributed by atoms with E-state index in [1.54, 1.807) is 17.5 Å². The van der Waals surface area contributed by atoms with E-state index in [0.29, 0.717) is 4.88 Å². The van der Waals surface area contributed by atoms with Crippen LogP contribution in [-0.2, 0) is 4.79 Å². The lowest BCUT2D eigenvalue weighted by atomic mass is 10.1. The van der Waals surface area contributed by atoms with Gasteiger partial charge in [0.15, 0.2) is 5.78 Å². The molecule has 1 aromatic rings. The fourth-order valence-electron chi connectivity index (χ4n) is 0.864. The van der Waals surface area contributed by atoms with Crippen LogP contribution in [0.4, 0.5) is 0 Å². The highest BCUT2D eigenvalue weighted by Gasteiger charge is 2.26. The number of carbonyl (C=O) groups excluding carboxylic acids is 1. The smallest absolute Gasteiger partial charge is 0.315 e. The van der Waals surface area contributed by atoms with Gasteiger partial charge in [-0.05, 0) is 11.4 Å². The predicted octanol–water partition coefficient (Wildman–Crippen LogP) is 1.56. The second kappa shape index (κ2) is 4.43. The fourth-order valence-corrected chi connectivity index (χ4v) is 1.90. The summed E-state index contributed by atoms with van der Waals surface area (Å²) in [6.07, 6.45) is 0. The molecule has 0 saturated heterocycles. The minimum absolute atomic E-state index is 0.0338. The van der Waals surface area contributed by atoms with Gasteiger partial charge in [0.2, 0.25) is 0 Å². The Bertz CT molecular complexity index is 305. The van der Waals surface area contributed by atoms with Gasteiger partial charge >= 0.3 is 5.97 Å². The van der Waals surface area contributed by atoms with Gasteiger partial charge in [0.05, 0.1) is 4.88 Å². The van der Waals surface area contributed by atoms with E-state index in [2.05, 4.69) is 12.6 Å². The van der Waals surface area contributed by atoms with E-state index >= 15 is 0 Å². The summed E-state index contributed by atoms with van der Waals surface area (Å²) in [5, 5.41) is 10.4. The van der Waals surface area contributed by atoms with E-state index in [1.165, 1.54) is 11.3 Å². The Morgan fingerprint density at radius 3 is 2.69 bits per heavy atom. The number of thiol groups is 1. The summed E-state index contributed by atoms with van der Waals surface area (Å²) >= 11 is 5.07. The van der Waals surface area contributed by atoms with Crippen LogP contribution in [0.25, 0.3) is 0 Å². The van der Waals surface area contributed by atoms with E-state index in [4.69, 9.17) is 5.11 Å². The summed E-state index contributed by atoms with van der Waals surface area (Å²) in [7, 11) is 0. The Labute approximate surface area is 84.8 Å². The number of thiophene rings is 1. The molecule has 1 aromatic heterocycles. The van der Waals surface area contributed by atoms with Crippen LogP contribution in [0, 0.1) is 5.92 Å². The first kappa shape index (κ1) is 10.3. The molecule has 0 amide bonds. The van der Waals surface area contributed by atoms with E-state index in [-0.39, 0.29) is 11.5 Å². The van der Waals surface area contributed by atoms with Crippen molar-refractivity contribution in [1.82, 2.24) is 0 Å². The number of hydrogen-bond donors (Lipinski definition) is 2. The van der Waals surface area contributed by atoms with Crippen LogP contribution in [0.1, 0.15) is 9.67 Å². The van der Waals surface area contributed by atoms with Crippen molar-refractivity contribution in [2.24, 2.45) is 5.92 Å². The molecule has 70 valence electrons. The fraction of sp³-hybridized carbons (Fsp3) is 0.250. The van der Waals surface area contributed by atoms with Crippen LogP contribution >= 0.6 is 24.0 Å². The maximum atomic E-state index is 11.5. The SMILES string of the molecule is O=C(O)C(CS)C(=O)c1cccs1. The quantitative estimate of drug-likeness (QED) is 0.456. The average Bonchev–Trinajstić information content (AvgIpc) is 2.56. The third-order valence-electron chi connectivity index (χ3n) is 1.56. The molecule has 1 N–H and O–H groups in total. The first-order chi connectivity index (χ1) is 6.16. The van der Waals surface area contributed by atoms with Crippen LogP contribution in [-0.4, -0.2) is 22.6 Å². The largest absolute Gasteiger partial charge is 0.481 e. The van der Waals surface area contributed by atoms with Crippen molar-refractivity contribution in [3.8, 4) is 0 Å². The lowest BCUT2D eigenvalue weighted by Crippen LogP contribution is -2.24. The molecule has 0 saturated carbocycles. The van der Waals surface area contributed by atoms with Crippen molar-refractivity contribution in [1.29, 1.82) is 0 Å². The van der Waals surface area contributed by atoms with E-state index in [0.717, 1.165) is 0 Å². The molecule has 0 spiro atoms. The maximum absolute atomic E-state index is 11.5. The summed E-state index contributed by atoms with van der Waals surface area (Å²) < 4.78 is 0. The zero-order chi connectivity index (χ0) is 9.84. The highest BCUT2D eigenvalue weighted by Crippen LogP contribution is 2.15. The first-order valence-electron chi connectivity index (χ1n) is 3.58. The number of rotatable bonds is 4. The number of carboxylic acids is 1. The minimum atomic E-state index is -1.12. The molecule has 0 aromatic carbocycles. The van der Waals surface area contributed by atoms with Crippen molar-refractivity contribution < 1.29 is 14.7 Å². The van der Waals surface area contributed by atoms with E-state index < -0.39 is 11.9 Å². The molecule has 1 unspecified atom stereocenters. The Morgan fingerprint density at radius 2 is 2.31 bits per heavy atom. The van der Waals surface area contributed by atoms with Crippen molar-refractivity contribution >= 4 is 35.7 Å². The number of ketones is 1. The number of Topliss-reactive ketones (excluding diaryl/α,β-unsaturated/α-hetero) is 1. The first-order valence-corrected chi connectivity index (χ1v) is 5.09. The van der Waals surface area contributed by atoms with Gasteiger partial charge < -0.3 is 5.11 Å². The van der Waals surface area contributed by atoms with Gasteiger partial charge in [-0.3, -0.25) is 9.59 Å². The van der Waals surface area contributed by atoms with E-state index in [9.17, 15) is 9.59 Å². The second-order valence-electron chi connectivity index (χ2n) is 2.41. The van der Waals surface area contributed by atoms with Crippen molar-refractivity contribution in [2.75, 3.05) is 5.75 Å². The molecule has 3 nitrogen and oxygen atoms in total. The third kappa shape index (κ3) is 2.32. The summed E-state index contributed by atoms with van der Waals surface area (Å²) in [6.45, 7) is 0. The van der Waals surface area contributed by atoms with Crippen molar-refractivity contribution in [2.45, 2.75) is 0 Å². The topological polar surface area (TPSA) is 54.4 Å². The molecular formula is C8H8O3S2. The van der Waals surface area contributed by atoms with Gasteiger partial charge in [-0.1, -0.05) is 6.07 Å². The molecule has 1 rings (SSSR count). The number of carbonyl (C=O) groups is 2. The third-order valence-corrected chi connectivity index (χ3v) is 2.81.